The number of hydrogen-bond acceptors (Lipinski definition) is 3. The number of amidine groups is 2. The van der Waals surface area contributed by atoms with E-state index in [1.54, 1.807) is 4.90 Å². The molecule has 1 rings (SSSR count). The Labute approximate surface area is 66.6 Å². The molecule has 0 aromatic carbocycles. The van der Waals surface area contributed by atoms with Crippen LogP contribution in [0.5, 0.6) is 0 Å². The van der Waals surface area contributed by atoms with Crippen LogP contribution in [0.1, 0.15) is 13.3 Å². The van der Waals surface area contributed by atoms with Crippen molar-refractivity contribution in [1.29, 1.82) is 10.8 Å². The molecule has 1 aliphatic rings. The molecule has 1 fully saturated rings. The van der Waals surface area contributed by atoms with Crippen molar-refractivity contribution in [3.63, 3.8) is 0 Å². The molecular formula is C7H14N4. The van der Waals surface area contributed by atoms with Gasteiger partial charge in [0.15, 0.2) is 0 Å². The molecule has 1 heterocycles. The van der Waals surface area contributed by atoms with Crippen molar-refractivity contribution in [2.75, 3.05) is 19.6 Å². The molecule has 4 nitrogen and oxygen atoms in total. The summed E-state index contributed by atoms with van der Waals surface area (Å²) in [6.45, 7) is 4.19. The summed E-state index contributed by atoms with van der Waals surface area (Å²) < 4.78 is 0. The highest BCUT2D eigenvalue weighted by Gasteiger charge is 2.16. The lowest BCUT2D eigenvalue weighted by Crippen LogP contribution is -2.49. The van der Waals surface area contributed by atoms with Gasteiger partial charge in [-0.2, -0.15) is 0 Å². The average molecular weight is 154 g/mol. The number of piperazine rings is 1. The van der Waals surface area contributed by atoms with E-state index < -0.39 is 0 Å². The van der Waals surface area contributed by atoms with Crippen LogP contribution in [0.3, 0.4) is 0 Å². The number of nitrogens with one attached hydrogen (secondary N) is 3. The van der Waals surface area contributed by atoms with Gasteiger partial charge in [-0.15, -0.1) is 0 Å². The van der Waals surface area contributed by atoms with Gasteiger partial charge in [0.05, 0.1) is 6.54 Å². The highest BCUT2D eigenvalue weighted by atomic mass is 15.2. The first-order chi connectivity index (χ1) is 5.25. The van der Waals surface area contributed by atoms with Gasteiger partial charge in [-0.25, -0.2) is 0 Å². The van der Waals surface area contributed by atoms with Gasteiger partial charge in [-0.1, -0.05) is 6.92 Å². The highest BCUT2D eigenvalue weighted by molar-refractivity contribution is 5.99. The summed E-state index contributed by atoms with van der Waals surface area (Å²) in [5.41, 5.74) is 0. The Balaban J connectivity index is 2.54. The van der Waals surface area contributed by atoms with Crippen molar-refractivity contribution in [3.8, 4) is 0 Å². The van der Waals surface area contributed by atoms with E-state index in [1.165, 1.54) is 0 Å². The summed E-state index contributed by atoms with van der Waals surface area (Å²) in [7, 11) is 0. The minimum absolute atomic E-state index is 0.517. The van der Waals surface area contributed by atoms with Gasteiger partial charge in [0.25, 0.3) is 0 Å². The molecule has 0 radical (unpaired) electrons. The SMILES string of the molecule is CCC(=N)N1CCNCC1=N. The fourth-order valence-corrected chi connectivity index (χ4v) is 1.12. The van der Waals surface area contributed by atoms with Crippen molar-refractivity contribution in [2.24, 2.45) is 0 Å². The molecule has 62 valence electrons. The minimum atomic E-state index is 0.517. The highest BCUT2D eigenvalue weighted by Crippen LogP contribution is 1.98. The third-order valence-electron chi connectivity index (χ3n) is 1.79. The van der Waals surface area contributed by atoms with Crippen LogP contribution in [0.25, 0.3) is 0 Å². The first-order valence-corrected chi connectivity index (χ1v) is 3.88. The van der Waals surface area contributed by atoms with Crippen LogP contribution in [0, 0.1) is 10.8 Å². The van der Waals surface area contributed by atoms with Gasteiger partial charge in [-0.05, 0) is 0 Å². The molecule has 0 aromatic rings. The lowest BCUT2D eigenvalue weighted by Gasteiger charge is -2.29. The van der Waals surface area contributed by atoms with Crippen molar-refractivity contribution >= 4 is 11.7 Å². The normalized spacial score (nSPS) is 18.6. The van der Waals surface area contributed by atoms with Gasteiger partial charge < -0.3 is 10.2 Å². The molecule has 0 spiro atoms. The second kappa shape index (κ2) is 3.48. The zero-order chi connectivity index (χ0) is 8.27. The van der Waals surface area contributed by atoms with E-state index in [-0.39, 0.29) is 0 Å². The van der Waals surface area contributed by atoms with Crippen LogP contribution in [0.2, 0.25) is 0 Å². The van der Waals surface area contributed by atoms with Crippen molar-refractivity contribution in [1.82, 2.24) is 10.2 Å². The predicted molar refractivity (Wildman–Crippen MR) is 45.3 cm³/mol. The molecule has 0 atom stereocenters. The van der Waals surface area contributed by atoms with Crippen LogP contribution >= 0.6 is 0 Å². The van der Waals surface area contributed by atoms with Crippen molar-refractivity contribution < 1.29 is 0 Å². The van der Waals surface area contributed by atoms with E-state index in [0.717, 1.165) is 13.1 Å². The Morgan fingerprint density at radius 3 is 3.00 bits per heavy atom. The number of rotatable bonds is 1. The molecule has 3 N–H and O–H groups in total. The van der Waals surface area contributed by atoms with E-state index in [4.69, 9.17) is 10.8 Å². The number of nitrogens with zero attached hydrogens (tertiary/aromatic N) is 1. The van der Waals surface area contributed by atoms with Gasteiger partial charge in [0, 0.05) is 19.5 Å². The summed E-state index contributed by atoms with van der Waals surface area (Å²) in [5, 5.41) is 18.1. The second-order valence-electron chi connectivity index (χ2n) is 2.58. The Morgan fingerprint density at radius 2 is 2.45 bits per heavy atom. The summed E-state index contributed by atoms with van der Waals surface area (Å²) in [4.78, 5) is 1.76. The van der Waals surface area contributed by atoms with E-state index in [0.29, 0.717) is 24.6 Å². The third kappa shape index (κ3) is 1.77. The first-order valence-electron chi connectivity index (χ1n) is 3.88. The van der Waals surface area contributed by atoms with E-state index >= 15 is 0 Å². The third-order valence-corrected chi connectivity index (χ3v) is 1.79. The Kier molecular flexibility index (Phi) is 2.59. The van der Waals surface area contributed by atoms with Crippen LogP contribution in [-0.4, -0.2) is 36.2 Å². The topological polar surface area (TPSA) is 63.0 Å². The van der Waals surface area contributed by atoms with Crippen molar-refractivity contribution in [2.45, 2.75) is 13.3 Å². The maximum absolute atomic E-state index is 7.52. The standard InChI is InChI=1S/C7H14N4/c1-2-6(8)11-4-3-10-5-7(11)9/h8-10H,2-5H2,1H3. The van der Waals surface area contributed by atoms with E-state index in [9.17, 15) is 0 Å². The maximum atomic E-state index is 7.52. The summed E-state index contributed by atoms with van der Waals surface area (Å²) >= 11 is 0. The molecule has 0 aliphatic carbocycles. The quantitative estimate of drug-likeness (QED) is 0.374. The molecule has 0 aromatic heterocycles. The smallest absolute Gasteiger partial charge is 0.115 e. The molecule has 11 heavy (non-hydrogen) atoms. The number of hydrogen-bond donors (Lipinski definition) is 3. The minimum Gasteiger partial charge on any atom is -0.317 e. The monoisotopic (exact) mass is 154 g/mol. The zero-order valence-corrected chi connectivity index (χ0v) is 6.78. The van der Waals surface area contributed by atoms with Crippen LogP contribution in [0.15, 0.2) is 0 Å². The van der Waals surface area contributed by atoms with E-state index in [1.807, 2.05) is 6.92 Å². The van der Waals surface area contributed by atoms with Crippen LogP contribution in [-0.2, 0) is 0 Å². The molecule has 1 aliphatic heterocycles. The summed E-state index contributed by atoms with van der Waals surface area (Å²) in [6.07, 6.45) is 0.711. The van der Waals surface area contributed by atoms with Gasteiger partial charge in [-0.3, -0.25) is 10.8 Å². The van der Waals surface area contributed by atoms with Crippen molar-refractivity contribution in [3.05, 3.63) is 0 Å². The molecule has 0 amide bonds. The molecule has 0 unspecified atom stereocenters. The lowest BCUT2D eigenvalue weighted by atomic mass is 10.3. The first kappa shape index (κ1) is 8.20. The molecular weight excluding hydrogens is 140 g/mol. The zero-order valence-electron chi connectivity index (χ0n) is 6.78. The predicted octanol–water partition coefficient (Wildman–Crippen LogP) is 0.256. The fraction of sp³-hybridized carbons (Fsp3) is 0.714. The molecule has 0 saturated carbocycles. The largest absolute Gasteiger partial charge is 0.317 e. The van der Waals surface area contributed by atoms with Crippen LogP contribution in [0.4, 0.5) is 0 Å². The molecule has 0 bridgehead atoms. The van der Waals surface area contributed by atoms with Crippen LogP contribution < -0.4 is 5.32 Å². The van der Waals surface area contributed by atoms with Gasteiger partial charge in [0.2, 0.25) is 0 Å². The average Bonchev–Trinajstić information content (AvgIpc) is 2.04. The second-order valence-corrected chi connectivity index (χ2v) is 2.58. The Hall–Kier alpha value is -0.900. The summed E-state index contributed by atoms with van der Waals surface area (Å²) in [5.74, 6) is 1.07. The summed E-state index contributed by atoms with van der Waals surface area (Å²) in [6, 6.07) is 0. The maximum Gasteiger partial charge on any atom is 0.115 e. The lowest BCUT2D eigenvalue weighted by molar-refractivity contribution is 0.504. The van der Waals surface area contributed by atoms with Gasteiger partial charge in [0.1, 0.15) is 11.7 Å². The molecule has 1 saturated heterocycles. The fourth-order valence-electron chi connectivity index (χ4n) is 1.12. The Morgan fingerprint density at radius 1 is 1.73 bits per heavy atom. The van der Waals surface area contributed by atoms with Gasteiger partial charge >= 0.3 is 0 Å². The van der Waals surface area contributed by atoms with E-state index in [2.05, 4.69) is 5.32 Å². The Bertz CT molecular complexity index is 167. The molecule has 4 heteroatoms.